The number of carbonyl (C=O) groups excluding carboxylic acids is 1. The summed E-state index contributed by atoms with van der Waals surface area (Å²) in [5.41, 5.74) is 14.7. The van der Waals surface area contributed by atoms with Crippen LogP contribution in [0.25, 0.3) is 10.9 Å². The summed E-state index contributed by atoms with van der Waals surface area (Å²) in [4.78, 5) is 21.0. The van der Waals surface area contributed by atoms with Crippen molar-refractivity contribution in [3.8, 4) is 5.75 Å². The van der Waals surface area contributed by atoms with Crippen molar-refractivity contribution >= 4 is 34.3 Å². The zero-order valence-electron chi connectivity index (χ0n) is 19.3. The average molecular weight is 472 g/mol. The molecule has 35 heavy (non-hydrogen) atoms. The van der Waals surface area contributed by atoms with E-state index in [0.29, 0.717) is 18.3 Å². The van der Waals surface area contributed by atoms with E-state index in [1.165, 1.54) is 6.20 Å². The van der Waals surface area contributed by atoms with E-state index in [1.807, 2.05) is 42.6 Å². The van der Waals surface area contributed by atoms with Crippen LogP contribution in [0.5, 0.6) is 5.75 Å². The monoisotopic (exact) mass is 471 g/mol. The van der Waals surface area contributed by atoms with Gasteiger partial charge in [0, 0.05) is 41.1 Å². The Labute approximate surface area is 203 Å². The fourth-order valence-corrected chi connectivity index (χ4v) is 4.66. The van der Waals surface area contributed by atoms with E-state index < -0.39 is 5.91 Å². The lowest BCUT2D eigenvalue weighted by atomic mass is 9.91. The third kappa shape index (κ3) is 4.76. The minimum absolute atomic E-state index is 0.0390. The minimum Gasteiger partial charge on any atom is -0.508 e. The Hall–Kier alpha value is -4.11. The molecule has 1 aliphatic rings. The van der Waals surface area contributed by atoms with Gasteiger partial charge in [-0.2, -0.15) is 4.98 Å². The smallest absolute Gasteiger partial charge is 0.254 e. The number of fused-ring (bicyclic) bond motifs is 1. The van der Waals surface area contributed by atoms with Crippen molar-refractivity contribution < 1.29 is 9.90 Å². The molecule has 2 aromatic heterocycles. The van der Waals surface area contributed by atoms with Gasteiger partial charge >= 0.3 is 0 Å². The van der Waals surface area contributed by atoms with Crippen molar-refractivity contribution in [1.82, 2.24) is 14.5 Å². The molecule has 5 rings (SSSR count). The van der Waals surface area contributed by atoms with Gasteiger partial charge in [0.05, 0.1) is 12.1 Å². The number of nitrogens with zero attached hydrogens (tertiary/aromatic N) is 3. The Morgan fingerprint density at radius 2 is 1.94 bits per heavy atom. The number of primary amides is 1. The van der Waals surface area contributed by atoms with Crippen LogP contribution in [-0.2, 0) is 6.54 Å². The molecule has 1 amide bonds. The standard InChI is InChI=1S/C26H29N7O2/c27-19-7-2-3-8-21(19)31-26-29-14-18(24(28)35)25(32-26)30-20-9-5-10-22-17(20)12-13-33(22)15-16-6-1-4-11-23(16)34/h1,4-6,9-14,19,21,34H,2-3,7-8,15,27H2,(H2,28,35)(H2,29,30,31,32)/t19-,21+/m0/s1. The maximum absolute atomic E-state index is 12.1. The third-order valence-corrected chi connectivity index (χ3v) is 6.59. The van der Waals surface area contributed by atoms with Crippen molar-refractivity contribution in [2.24, 2.45) is 11.5 Å². The van der Waals surface area contributed by atoms with Crippen LogP contribution in [0.2, 0.25) is 0 Å². The summed E-state index contributed by atoms with van der Waals surface area (Å²) >= 11 is 0. The van der Waals surface area contributed by atoms with Gasteiger partial charge in [0.2, 0.25) is 5.95 Å². The fourth-order valence-electron chi connectivity index (χ4n) is 4.66. The van der Waals surface area contributed by atoms with Gasteiger partial charge in [-0.15, -0.1) is 0 Å². The maximum Gasteiger partial charge on any atom is 0.254 e. The van der Waals surface area contributed by atoms with E-state index >= 15 is 0 Å². The van der Waals surface area contributed by atoms with E-state index in [-0.39, 0.29) is 23.4 Å². The first-order valence-electron chi connectivity index (χ1n) is 11.8. The third-order valence-electron chi connectivity index (χ3n) is 6.59. The zero-order valence-corrected chi connectivity index (χ0v) is 19.3. The summed E-state index contributed by atoms with van der Waals surface area (Å²) in [6.07, 6.45) is 7.56. The predicted octanol–water partition coefficient (Wildman–Crippen LogP) is 3.71. The normalized spacial score (nSPS) is 17.9. The number of hydrogen-bond donors (Lipinski definition) is 5. The van der Waals surface area contributed by atoms with Crippen molar-refractivity contribution in [2.75, 3.05) is 10.6 Å². The average Bonchev–Trinajstić information content (AvgIpc) is 3.26. The second-order valence-electron chi connectivity index (χ2n) is 8.96. The summed E-state index contributed by atoms with van der Waals surface area (Å²) < 4.78 is 2.06. The number of benzene rings is 2. The first kappa shape index (κ1) is 22.7. The van der Waals surface area contributed by atoms with Crippen LogP contribution in [0.15, 0.2) is 60.9 Å². The van der Waals surface area contributed by atoms with Gasteiger partial charge in [0.1, 0.15) is 17.1 Å². The number of amides is 1. The van der Waals surface area contributed by atoms with E-state index in [2.05, 4.69) is 25.2 Å². The van der Waals surface area contributed by atoms with Crippen LogP contribution < -0.4 is 22.1 Å². The summed E-state index contributed by atoms with van der Waals surface area (Å²) in [5.74, 6) is 0.385. The van der Waals surface area contributed by atoms with Crippen molar-refractivity contribution in [3.05, 3.63) is 72.1 Å². The predicted molar refractivity (Wildman–Crippen MR) is 137 cm³/mol. The highest BCUT2D eigenvalue weighted by Gasteiger charge is 2.23. The number of phenols is 1. The lowest BCUT2D eigenvalue weighted by Gasteiger charge is -2.29. The molecular weight excluding hydrogens is 442 g/mol. The number of anilines is 3. The summed E-state index contributed by atoms with van der Waals surface area (Å²) in [6.45, 7) is 0.523. The highest BCUT2D eigenvalue weighted by molar-refractivity contribution is 6.00. The van der Waals surface area contributed by atoms with Gasteiger partial charge in [-0.05, 0) is 37.1 Å². The second-order valence-corrected chi connectivity index (χ2v) is 8.96. The maximum atomic E-state index is 12.1. The lowest BCUT2D eigenvalue weighted by Crippen LogP contribution is -2.43. The first-order valence-corrected chi connectivity index (χ1v) is 11.8. The number of nitrogens with one attached hydrogen (secondary N) is 2. The lowest BCUT2D eigenvalue weighted by molar-refractivity contribution is 0.100. The second kappa shape index (κ2) is 9.63. The minimum atomic E-state index is -0.613. The number of nitrogens with two attached hydrogens (primary N) is 2. The molecule has 4 aromatic rings. The van der Waals surface area contributed by atoms with Gasteiger partial charge in [-0.3, -0.25) is 4.79 Å². The largest absolute Gasteiger partial charge is 0.508 e. The molecule has 0 aliphatic heterocycles. The Kier molecular flexibility index (Phi) is 6.24. The Bertz CT molecular complexity index is 1370. The van der Waals surface area contributed by atoms with Crippen molar-refractivity contribution in [1.29, 1.82) is 0 Å². The van der Waals surface area contributed by atoms with Gasteiger partial charge in [0.15, 0.2) is 0 Å². The number of aromatic nitrogens is 3. The van der Waals surface area contributed by atoms with Gasteiger partial charge in [-0.1, -0.05) is 37.1 Å². The number of para-hydroxylation sites is 1. The Morgan fingerprint density at radius 3 is 2.74 bits per heavy atom. The molecule has 1 fully saturated rings. The van der Waals surface area contributed by atoms with Crippen molar-refractivity contribution in [2.45, 2.75) is 44.3 Å². The van der Waals surface area contributed by atoms with Crippen LogP contribution >= 0.6 is 0 Å². The Morgan fingerprint density at radius 1 is 1.11 bits per heavy atom. The number of phenolic OH excluding ortho intramolecular Hbond substituents is 1. The number of rotatable bonds is 7. The molecule has 0 spiro atoms. The van der Waals surface area contributed by atoms with E-state index in [9.17, 15) is 9.90 Å². The molecule has 9 nitrogen and oxygen atoms in total. The number of hydrogen-bond acceptors (Lipinski definition) is 7. The molecule has 0 saturated heterocycles. The topological polar surface area (TPSA) is 144 Å². The van der Waals surface area contributed by atoms with Crippen LogP contribution in [0.1, 0.15) is 41.6 Å². The molecule has 1 aliphatic carbocycles. The van der Waals surface area contributed by atoms with Crippen LogP contribution in [0.4, 0.5) is 17.5 Å². The van der Waals surface area contributed by atoms with Gasteiger partial charge < -0.3 is 31.8 Å². The molecular formula is C26H29N7O2. The first-order chi connectivity index (χ1) is 17.0. The molecule has 2 heterocycles. The van der Waals surface area contributed by atoms with Crippen molar-refractivity contribution in [3.63, 3.8) is 0 Å². The summed E-state index contributed by atoms with van der Waals surface area (Å²) in [5, 5.41) is 17.7. The molecule has 0 radical (unpaired) electrons. The van der Waals surface area contributed by atoms with Gasteiger partial charge in [-0.25, -0.2) is 4.98 Å². The van der Waals surface area contributed by atoms with E-state index in [0.717, 1.165) is 47.8 Å². The Balaban J connectivity index is 1.45. The quantitative estimate of drug-likeness (QED) is 0.276. The molecule has 2 aromatic carbocycles. The van der Waals surface area contributed by atoms with E-state index in [4.69, 9.17) is 11.5 Å². The number of carbonyl (C=O) groups is 1. The molecule has 0 unspecified atom stereocenters. The van der Waals surface area contributed by atoms with Gasteiger partial charge in [0.25, 0.3) is 5.91 Å². The van der Waals surface area contributed by atoms with Crippen LogP contribution in [-0.4, -0.2) is 37.6 Å². The molecule has 1 saturated carbocycles. The highest BCUT2D eigenvalue weighted by Crippen LogP contribution is 2.30. The van der Waals surface area contributed by atoms with E-state index in [1.54, 1.807) is 12.1 Å². The summed E-state index contributed by atoms with van der Waals surface area (Å²) in [6, 6.07) is 15.3. The zero-order chi connectivity index (χ0) is 24.4. The fraction of sp³-hybridized carbons (Fsp3) is 0.269. The number of aromatic hydroxyl groups is 1. The SMILES string of the molecule is NC(=O)c1cnc(N[C@@H]2CCCC[C@@H]2N)nc1Nc1cccc2c1ccn2Cc1ccccc1O. The molecule has 7 N–H and O–H groups in total. The van der Waals surface area contributed by atoms with Crippen LogP contribution in [0.3, 0.4) is 0 Å². The van der Waals surface area contributed by atoms with Crippen LogP contribution in [0, 0.1) is 0 Å². The molecule has 0 bridgehead atoms. The molecule has 9 heteroatoms. The summed E-state index contributed by atoms with van der Waals surface area (Å²) in [7, 11) is 0. The highest BCUT2D eigenvalue weighted by atomic mass is 16.3. The molecule has 2 atom stereocenters. The molecule has 180 valence electrons.